The molecule has 0 bridgehead atoms. The van der Waals surface area contributed by atoms with Crippen molar-refractivity contribution in [3.05, 3.63) is 47.0 Å². The minimum atomic E-state index is -3.71. The Morgan fingerprint density at radius 3 is 2.76 bits per heavy atom. The zero-order chi connectivity index (χ0) is 15.0. The van der Waals surface area contributed by atoms with Crippen LogP contribution >= 0.6 is 11.6 Å². The maximum atomic E-state index is 13.9. The van der Waals surface area contributed by atoms with Crippen LogP contribution in [0.4, 0.5) is 4.39 Å². The molecule has 21 heavy (non-hydrogen) atoms. The first-order valence-corrected chi connectivity index (χ1v) is 8.25. The smallest absolute Gasteiger partial charge is 0.246 e. The van der Waals surface area contributed by atoms with Crippen molar-refractivity contribution in [3.63, 3.8) is 0 Å². The second-order valence-electron chi connectivity index (χ2n) is 4.92. The lowest BCUT2D eigenvalue weighted by Crippen LogP contribution is -2.33. The molecule has 1 aromatic carbocycles. The summed E-state index contributed by atoms with van der Waals surface area (Å²) in [5.74, 6) is -0.504. The van der Waals surface area contributed by atoms with Crippen LogP contribution in [-0.4, -0.2) is 29.0 Å². The van der Waals surface area contributed by atoms with Gasteiger partial charge < -0.3 is 0 Å². The van der Waals surface area contributed by atoms with Gasteiger partial charge in [0.05, 0.1) is 6.20 Å². The molecule has 0 spiro atoms. The van der Waals surface area contributed by atoms with E-state index in [4.69, 9.17) is 11.6 Å². The van der Waals surface area contributed by atoms with E-state index in [1.165, 1.54) is 28.8 Å². The van der Waals surface area contributed by atoms with E-state index in [0.717, 1.165) is 12.8 Å². The first-order chi connectivity index (χ1) is 10.00. The zero-order valence-corrected chi connectivity index (χ0v) is 12.5. The maximum Gasteiger partial charge on any atom is 0.246 e. The lowest BCUT2D eigenvalue weighted by atomic mass is 10.2. The van der Waals surface area contributed by atoms with Crippen LogP contribution in [0.5, 0.6) is 0 Å². The fourth-order valence-electron chi connectivity index (χ4n) is 2.13. The van der Waals surface area contributed by atoms with Crippen molar-refractivity contribution in [3.8, 4) is 0 Å². The first-order valence-electron chi connectivity index (χ1n) is 6.43. The highest BCUT2D eigenvalue weighted by molar-refractivity contribution is 7.89. The van der Waals surface area contributed by atoms with Gasteiger partial charge in [0.2, 0.25) is 10.0 Å². The van der Waals surface area contributed by atoms with Gasteiger partial charge in [0.25, 0.3) is 0 Å². The van der Waals surface area contributed by atoms with Gasteiger partial charge in [0.1, 0.15) is 10.7 Å². The molecule has 0 radical (unpaired) electrons. The van der Waals surface area contributed by atoms with Gasteiger partial charge in [-0.3, -0.25) is 5.10 Å². The molecule has 0 unspecified atom stereocenters. The van der Waals surface area contributed by atoms with Crippen LogP contribution in [0.15, 0.2) is 35.5 Å². The van der Waals surface area contributed by atoms with Crippen molar-refractivity contribution < 1.29 is 12.8 Å². The highest BCUT2D eigenvalue weighted by Crippen LogP contribution is 2.34. The minimum absolute atomic E-state index is 0.0712. The van der Waals surface area contributed by atoms with Gasteiger partial charge in [0, 0.05) is 29.4 Å². The second kappa shape index (κ2) is 5.40. The number of hydrogen-bond acceptors (Lipinski definition) is 3. The lowest BCUT2D eigenvalue weighted by molar-refractivity contribution is 0.391. The number of rotatable bonds is 5. The van der Waals surface area contributed by atoms with Crippen molar-refractivity contribution in [1.82, 2.24) is 14.5 Å². The average molecular weight is 330 g/mol. The van der Waals surface area contributed by atoms with E-state index in [2.05, 4.69) is 10.2 Å². The minimum Gasteiger partial charge on any atom is -0.284 e. The van der Waals surface area contributed by atoms with Gasteiger partial charge in [-0.15, -0.1) is 0 Å². The molecule has 0 saturated heterocycles. The van der Waals surface area contributed by atoms with Crippen LogP contribution < -0.4 is 0 Å². The van der Waals surface area contributed by atoms with Gasteiger partial charge in [-0.2, -0.15) is 9.40 Å². The summed E-state index contributed by atoms with van der Waals surface area (Å²) in [7, 11) is -3.71. The average Bonchev–Trinajstić information content (AvgIpc) is 3.10. The summed E-state index contributed by atoms with van der Waals surface area (Å²) in [4.78, 5) is 0.0712. The summed E-state index contributed by atoms with van der Waals surface area (Å²) in [6, 6.07) is 4.21. The van der Waals surface area contributed by atoms with Gasteiger partial charge in [-0.05, 0) is 25.0 Å². The fraction of sp³-hybridized carbons (Fsp3) is 0.308. The molecule has 112 valence electrons. The number of nitrogens with zero attached hydrogens (tertiary/aromatic N) is 2. The van der Waals surface area contributed by atoms with E-state index in [-0.39, 0.29) is 28.1 Å². The third-order valence-corrected chi connectivity index (χ3v) is 5.63. The van der Waals surface area contributed by atoms with Gasteiger partial charge >= 0.3 is 0 Å². The third-order valence-electron chi connectivity index (χ3n) is 3.41. The topological polar surface area (TPSA) is 66.1 Å². The quantitative estimate of drug-likeness (QED) is 0.916. The van der Waals surface area contributed by atoms with Crippen LogP contribution in [0.3, 0.4) is 0 Å². The number of aromatic amines is 1. The Bertz CT molecular complexity index is 725. The SMILES string of the molecule is O=S(=O)(c1cn[nH]c1)N(Cc1c(F)cccc1Cl)C1CC1. The summed E-state index contributed by atoms with van der Waals surface area (Å²) >= 11 is 5.99. The molecule has 1 saturated carbocycles. The predicted molar refractivity (Wildman–Crippen MR) is 75.7 cm³/mol. The molecule has 1 aliphatic carbocycles. The molecular weight excluding hydrogens is 317 g/mol. The van der Waals surface area contributed by atoms with Crippen LogP contribution in [0.2, 0.25) is 5.02 Å². The Morgan fingerprint density at radius 2 is 2.19 bits per heavy atom. The van der Waals surface area contributed by atoms with Crippen molar-refractivity contribution in [1.29, 1.82) is 0 Å². The van der Waals surface area contributed by atoms with E-state index in [0.29, 0.717) is 0 Å². The Hall–Kier alpha value is -1.44. The number of benzene rings is 1. The van der Waals surface area contributed by atoms with E-state index in [9.17, 15) is 12.8 Å². The Morgan fingerprint density at radius 1 is 1.43 bits per heavy atom. The normalized spacial score (nSPS) is 15.6. The van der Waals surface area contributed by atoms with Gasteiger partial charge in [-0.1, -0.05) is 17.7 Å². The molecule has 8 heteroatoms. The predicted octanol–water partition coefficient (Wildman–Crippen LogP) is 2.56. The summed E-state index contributed by atoms with van der Waals surface area (Å²) in [6.45, 7) is -0.0797. The van der Waals surface area contributed by atoms with Crippen LogP contribution in [0.1, 0.15) is 18.4 Å². The van der Waals surface area contributed by atoms with Crippen molar-refractivity contribution in [2.24, 2.45) is 0 Å². The van der Waals surface area contributed by atoms with Gasteiger partial charge in [0.15, 0.2) is 0 Å². The molecule has 1 aliphatic rings. The summed E-state index contributed by atoms with van der Waals surface area (Å²) in [6.07, 6.45) is 4.09. The fourth-order valence-corrected chi connectivity index (χ4v) is 3.91. The Labute approximate surface area is 126 Å². The second-order valence-corrected chi connectivity index (χ2v) is 7.21. The molecule has 1 heterocycles. The number of sulfonamides is 1. The standard InChI is InChI=1S/C13H13ClFN3O2S/c14-12-2-1-3-13(15)11(12)8-18(9-4-5-9)21(19,20)10-6-16-17-7-10/h1-3,6-7,9H,4-5,8H2,(H,16,17). The van der Waals surface area contributed by atoms with Crippen LogP contribution in [-0.2, 0) is 16.6 Å². The Balaban J connectivity index is 1.97. The van der Waals surface area contributed by atoms with E-state index in [1.54, 1.807) is 6.07 Å². The number of halogens is 2. The molecule has 1 fully saturated rings. The van der Waals surface area contributed by atoms with E-state index < -0.39 is 15.8 Å². The highest BCUT2D eigenvalue weighted by atomic mass is 35.5. The monoisotopic (exact) mass is 329 g/mol. The molecule has 1 N–H and O–H groups in total. The number of nitrogens with one attached hydrogen (secondary N) is 1. The van der Waals surface area contributed by atoms with Crippen molar-refractivity contribution >= 4 is 21.6 Å². The van der Waals surface area contributed by atoms with Crippen LogP contribution in [0.25, 0.3) is 0 Å². The van der Waals surface area contributed by atoms with Gasteiger partial charge in [-0.25, -0.2) is 12.8 Å². The molecule has 3 rings (SSSR count). The van der Waals surface area contributed by atoms with E-state index >= 15 is 0 Å². The molecule has 0 aliphatic heterocycles. The third kappa shape index (κ3) is 2.81. The number of H-pyrrole nitrogens is 1. The molecule has 0 atom stereocenters. The molecule has 0 amide bonds. The molecule has 5 nitrogen and oxygen atoms in total. The highest BCUT2D eigenvalue weighted by Gasteiger charge is 2.39. The summed E-state index contributed by atoms with van der Waals surface area (Å²) in [5, 5.41) is 6.37. The van der Waals surface area contributed by atoms with Crippen LogP contribution in [0, 0.1) is 5.82 Å². The van der Waals surface area contributed by atoms with Crippen molar-refractivity contribution in [2.45, 2.75) is 30.3 Å². The maximum absolute atomic E-state index is 13.9. The molecule has 2 aromatic rings. The van der Waals surface area contributed by atoms with E-state index in [1.807, 2.05) is 0 Å². The summed E-state index contributed by atoms with van der Waals surface area (Å²) in [5.41, 5.74) is 0.193. The number of hydrogen-bond donors (Lipinski definition) is 1. The Kier molecular flexibility index (Phi) is 3.73. The first kappa shape index (κ1) is 14.5. The molecule has 1 aromatic heterocycles. The summed E-state index contributed by atoms with van der Waals surface area (Å²) < 4.78 is 40.4. The lowest BCUT2D eigenvalue weighted by Gasteiger charge is -2.21. The zero-order valence-electron chi connectivity index (χ0n) is 11.0. The van der Waals surface area contributed by atoms with Crippen molar-refractivity contribution in [2.75, 3.05) is 0 Å². The number of aromatic nitrogens is 2. The largest absolute Gasteiger partial charge is 0.284 e. The molecular formula is C13H13ClFN3O2S.